The monoisotopic (exact) mass is 449 g/mol. The maximum atomic E-state index is 12.9. The molecule has 6 heteroatoms. The van der Waals surface area contributed by atoms with Crippen LogP contribution in [0.3, 0.4) is 0 Å². The fourth-order valence-electron chi connectivity index (χ4n) is 3.98. The number of likely N-dealkylation sites (tertiary alicyclic amines) is 1. The van der Waals surface area contributed by atoms with Crippen molar-refractivity contribution in [2.24, 2.45) is 0 Å². The second kappa shape index (κ2) is 9.61. The van der Waals surface area contributed by atoms with Crippen LogP contribution in [0.5, 0.6) is 5.88 Å². The molecule has 32 heavy (non-hydrogen) atoms. The molecule has 2 heterocycles. The Hall–Kier alpha value is -3.05. The lowest BCUT2D eigenvalue weighted by Gasteiger charge is -2.32. The van der Waals surface area contributed by atoms with Crippen LogP contribution in [0.15, 0.2) is 60.8 Å². The van der Waals surface area contributed by atoms with Gasteiger partial charge in [0.25, 0.3) is 5.91 Å². The molecule has 0 atom stereocenters. The summed E-state index contributed by atoms with van der Waals surface area (Å²) in [5.74, 6) is 0.611. The number of halogens is 1. The van der Waals surface area contributed by atoms with Crippen molar-refractivity contribution in [1.82, 2.24) is 9.88 Å². The number of nitrogens with zero attached hydrogens (tertiary/aromatic N) is 3. The van der Waals surface area contributed by atoms with Gasteiger partial charge in [-0.05, 0) is 42.3 Å². The van der Waals surface area contributed by atoms with E-state index in [1.807, 2.05) is 56.4 Å². The quantitative estimate of drug-likeness (QED) is 0.518. The van der Waals surface area contributed by atoms with Crippen LogP contribution in [0.2, 0.25) is 5.02 Å². The molecule has 0 radical (unpaired) electrons. The molecule has 1 aliphatic rings. The second-order valence-electron chi connectivity index (χ2n) is 8.37. The Morgan fingerprint density at radius 2 is 1.72 bits per heavy atom. The van der Waals surface area contributed by atoms with Crippen LogP contribution < -0.4 is 9.64 Å². The van der Waals surface area contributed by atoms with Crippen LogP contribution in [0.25, 0.3) is 11.1 Å². The molecular weight excluding hydrogens is 422 g/mol. The van der Waals surface area contributed by atoms with Gasteiger partial charge in [-0.15, -0.1) is 0 Å². The maximum Gasteiger partial charge on any atom is 0.255 e. The third-order valence-corrected chi connectivity index (χ3v) is 6.22. The minimum absolute atomic E-state index is 0.00527. The van der Waals surface area contributed by atoms with E-state index in [0.29, 0.717) is 29.6 Å². The van der Waals surface area contributed by atoms with Crippen molar-refractivity contribution in [3.05, 3.63) is 76.9 Å². The number of pyridine rings is 1. The van der Waals surface area contributed by atoms with E-state index < -0.39 is 0 Å². The molecule has 1 saturated heterocycles. The van der Waals surface area contributed by atoms with Crippen molar-refractivity contribution in [3.63, 3.8) is 0 Å². The number of carbonyl (C=O) groups excluding carboxylic acids is 1. The first-order valence-electron chi connectivity index (χ1n) is 10.9. The summed E-state index contributed by atoms with van der Waals surface area (Å²) in [6.07, 6.45) is 3.43. The predicted octanol–water partition coefficient (Wildman–Crippen LogP) is 5.46. The standard InChI is InChI=1S/C26H28ClN3O2/c1-18-5-4-6-23(27)25(18)26(31)30-15-13-22(14-16-30)32-24-12-9-20(17-28-24)19-7-10-21(11-8-19)29(2)3/h4-12,17,22H,13-16H2,1-3H3. The lowest BCUT2D eigenvalue weighted by Crippen LogP contribution is -2.42. The minimum atomic E-state index is -0.00527. The highest BCUT2D eigenvalue weighted by Crippen LogP contribution is 2.26. The Bertz CT molecular complexity index is 1050. The SMILES string of the molecule is Cc1cccc(Cl)c1C(=O)N1CCC(Oc2ccc(-c3ccc(N(C)C)cc3)cn2)CC1. The van der Waals surface area contributed by atoms with E-state index in [0.717, 1.165) is 35.2 Å². The molecular formula is C26H28ClN3O2. The molecule has 1 aromatic heterocycles. The molecule has 0 N–H and O–H groups in total. The Kier molecular flexibility index (Phi) is 6.66. The second-order valence-corrected chi connectivity index (χ2v) is 8.77. The van der Waals surface area contributed by atoms with Gasteiger partial charge in [-0.2, -0.15) is 0 Å². The number of ether oxygens (including phenoxy) is 1. The number of amides is 1. The van der Waals surface area contributed by atoms with Crippen molar-refractivity contribution >= 4 is 23.2 Å². The lowest BCUT2D eigenvalue weighted by molar-refractivity contribution is 0.0587. The molecule has 1 aliphatic heterocycles. The zero-order valence-electron chi connectivity index (χ0n) is 18.7. The summed E-state index contributed by atoms with van der Waals surface area (Å²) >= 11 is 6.28. The van der Waals surface area contributed by atoms with E-state index >= 15 is 0 Å². The number of anilines is 1. The van der Waals surface area contributed by atoms with Crippen molar-refractivity contribution in [2.45, 2.75) is 25.9 Å². The van der Waals surface area contributed by atoms with E-state index in [2.05, 4.69) is 34.1 Å². The molecule has 1 fully saturated rings. The number of rotatable bonds is 5. The van der Waals surface area contributed by atoms with Gasteiger partial charge < -0.3 is 14.5 Å². The lowest BCUT2D eigenvalue weighted by atomic mass is 10.0. The van der Waals surface area contributed by atoms with Crippen molar-refractivity contribution < 1.29 is 9.53 Å². The molecule has 0 aliphatic carbocycles. The highest BCUT2D eigenvalue weighted by Gasteiger charge is 2.26. The highest BCUT2D eigenvalue weighted by molar-refractivity contribution is 6.34. The molecule has 4 rings (SSSR count). The topological polar surface area (TPSA) is 45.7 Å². The van der Waals surface area contributed by atoms with Gasteiger partial charge in [0.15, 0.2) is 0 Å². The van der Waals surface area contributed by atoms with Crippen LogP contribution in [0.1, 0.15) is 28.8 Å². The molecule has 5 nitrogen and oxygen atoms in total. The normalized spacial score (nSPS) is 14.3. The third-order valence-electron chi connectivity index (χ3n) is 5.91. The Morgan fingerprint density at radius 3 is 2.31 bits per heavy atom. The number of aromatic nitrogens is 1. The highest BCUT2D eigenvalue weighted by atomic mass is 35.5. The van der Waals surface area contributed by atoms with Gasteiger partial charge in [-0.1, -0.05) is 35.9 Å². The molecule has 0 bridgehead atoms. The predicted molar refractivity (Wildman–Crippen MR) is 130 cm³/mol. The fraction of sp³-hybridized carbons (Fsp3) is 0.308. The summed E-state index contributed by atoms with van der Waals surface area (Å²) in [6, 6.07) is 17.9. The largest absolute Gasteiger partial charge is 0.474 e. The number of hydrogen-bond acceptors (Lipinski definition) is 4. The van der Waals surface area contributed by atoms with Crippen LogP contribution in [-0.4, -0.2) is 49.1 Å². The maximum absolute atomic E-state index is 12.9. The summed E-state index contributed by atoms with van der Waals surface area (Å²) in [6.45, 7) is 3.20. The molecule has 3 aromatic rings. The summed E-state index contributed by atoms with van der Waals surface area (Å²) in [4.78, 5) is 21.4. The Morgan fingerprint density at radius 1 is 1.03 bits per heavy atom. The first-order chi connectivity index (χ1) is 15.4. The Labute approximate surface area is 194 Å². The molecule has 0 unspecified atom stereocenters. The minimum Gasteiger partial charge on any atom is -0.474 e. The van der Waals surface area contributed by atoms with Gasteiger partial charge in [0.05, 0.1) is 10.6 Å². The van der Waals surface area contributed by atoms with E-state index in [1.165, 1.54) is 0 Å². The first-order valence-corrected chi connectivity index (χ1v) is 11.2. The van der Waals surface area contributed by atoms with E-state index in [9.17, 15) is 4.79 Å². The van der Waals surface area contributed by atoms with Crippen molar-refractivity contribution in [3.8, 4) is 17.0 Å². The van der Waals surface area contributed by atoms with Gasteiger partial charge in [0, 0.05) is 63.5 Å². The Balaban J connectivity index is 1.34. The van der Waals surface area contributed by atoms with Gasteiger partial charge in [-0.3, -0.25) is 4.79 Å². The van der Waals surface area contributed by atoms with E-state index in [-0.39, 0.29) is 12.0 Å². The summed E-state index contributed by atoms with van der Waals surface area (Å²) in [5.41, 5.74) is 4.84. The zero-order valence-corrected chi connectivity index (χ0v) is 19.5. The number of benzene rings is 2. The van der Waals surface area contributed by atoms with Crippen LogP contribution >= 0.6 is 11.6 Å². The third kappa shape index (κ3) is 4.89. The molecule has 2 aromatic carbocycles. The van der Waals surface area contributed by atoms with Gasteiger partial charge >= 0.3 is 0 Å². The fourth-order valence-corrected chi connectivity index (χ4v) is 4.28. The smallest absolute Gasteiger partial charge is 0.255 e. The molecule has 166 valence electrons. The van der Waals surface area contributed by atoms with Gasteiger partial charge in [0.1, 0.15) is 6.10 Å². The summed E-state index contributed by atoms with van der Waals surface area (Å²) in [7, 11) is 4.06. The van der Waals surface area contributed by atoms with Crippen LogP contribution in [0.4, 0.5) is 5.69 Å². The van der Waals surface area contributed by atoms with Crippen molar-refractivity contribution in [2.75, 3.05) is 32.1 Å². The average Bonchev–Trinajstić information content (AvgIpc) is 2.80. The zero-order chi connectivity index (χ0) is 22.7. The molecule has 0 saturated carbocycles. The molecule has 0 spiro atoms. The van der Waals surface area contributed by atoms with E-state index in [4.69, 9.17) is 16.3 Å². The first kappa shape index (κ1) is 22.2. The average molecular weight is 450 g/mol. The van der Waals surface area contributed by atoms with Gasteiger partial charge in [0.2, 0.25) is 5.88 Å². The van der Waals surface area contributed by atoms with Crippen LogP contribution in [0, 0.1) is 6.92 Å². The van der Waals surface area contributed by atoms with Crippen molar-refractivity contribution in [1.29, 1.82) is 0 Å². The summed E-state index contributed by atoms with van der Waals surface area (Å²) < 4.78 is 6.10. The molecule has 1 amide bonds. The summed E-state index contributed by atoms with van der Waals surface area (Å²) in [5, 5.41) is 0.508. The number of piperidine rings is 1. The van der Waals surface area contributed by atoms with E-state index in [1.54, 1.807) is 6.07 Å². The van der Waals surface area contributed by atoms with Gasteiger partial charge in [-0.25, -0.2) is 4.98 Å². The number of hydrogen-bond donors (Lipinski definition) is 0. The van der Waals surface area contributed by atoms with Crippen LogP contribution in [-0.2, 0) is 0 Å². The number of carbonyl (C=O) groups is 1. The number of aryl methyl sites for hydroxylation is 1.